The lowest BCUT2D eigenvalue weighted by molar-refractivity contribution is 0.395. The molecule has 0 saturated heterocycles. The van der Waals surface area contributed by atoms with Crippen molar-refractivity contribution in [2.45, 2.75) is 0 Å². The minimum absolute atomic E-state index is 0.221. The van der Waals surface area contributed by atoms with Crippen LogP contribution in [0.25, 0.3) is 0 Å². The van der Waals surface area contributed by atoms with Crippen LogP contribution in [0.1, 0.15) is 5.69 Å². The van der Waals surface area contributed by atoms with Crippen molar-refractivity contribution in [1.29, 1.82) is 0 Å². The molecule has 0 aliphatic rings. The van der Waals surface area contributed by atoms with E-state index in [2.05, 4.69) is 15.3 Å². The lowest BCUT2D eigenvalue weighted by Gasteiger charge is -2.10. The Labute approximate surface area is 121 Å². The molecule has 0 fully saturated rings. The van der Waals surface area contributed by atoms with E-state index in [1.165, 1.54) is 0 Å². The number of aromatic nitrogens is 2. The molecule has 7 heteroatoms. The average molecular weight is 290 g/mol. The van der Waals surface area contributed by atoms with Gasteiger partial charge in [-0.2, -0.15) is 0 Å². The molecule has 0 radical (unpaired) electrons. The van der Waals surface area contributed by atoms with Crippen molar-refractivity contribution in [2.75, 3.05) is 19.5 Å². The summed E-state index contributed by atoms with van der Waals surface area (Å²) >= 11 is 4.89. The molecule has 0 bridgehead atoms. The number of nitrogens with one attached hydrogen (secondary N) is 1. The molecule has 0 unspecified atom stereocenters. The summed E-state index contributed by atoms with van der Waals surface area (Å²) in [5.41, 5.74) is 6.78. The number of methoxy groups -OCH3 is 2. The van der Waals surface area contributed by atoms with Crippen molar-refractivity contribution in [3.05, 3.63) is 36.2 Å². The van der Waals surface area contributed by atoms with E-state index in [0.29, 0.717) is 23.1 Å². The number of hydrogen-bond acceptors (Lipinski definition) is 6. The van der Waals surface area contributed by atoms with Gasteiger partial charge in [0.25, 0.3) is 0 Å². The highest BCUT2D eigenvalue weighted by Crippen LogP contribution is 2.27. The molecule has 2 aromatic rings. The molecule has 0 aliphatic heterocycles. The maximum atomic E-state index is 5.54. The summed E-state index contributed by atoms with van der Waals surface area (Å²) in [6, 6.07) is 7.04. The van der Waals surface area contributed by atoms with Crippen molar-refractivity contribution in [3.8, 4) is 11.5 Å². The molecule has 1 aromatic carbocycles. The van der Waals surface area contributed by atoms with Gasteiger partial charge in [-0.05, 0) is 6.07 Å². The number of anilines is 2. The Morgan fingerprint density at radius 1 is 1.20 bits per heavy atom. The molecule has 0 saturated carbocycles. The number of nitrogens with zero attached hydrogens (tertiary/aromatic N) is 2. The van der Waals surface area contributed by atoms with Crippen LogP contribution in [0, 0.1) is 0 Å². The number of thiocarbonyl (C=S) groups is 1. The Hall–Kier alpha value is -2.41. The first-order valence-corrected chi connectivity index (χ1v) is 6.16. The zero-order valence-corrected chi connectivity index (χ0v) is 11.9. The summed E-state index contributed by atoms with van der Waals surface area (Å²) in [7, 11) is 3.17. The van der Waals surface area contributed by atoms with E-state index in [4.69, 9.17) is 27.4 Å². The zero-order chi connectivity index (χ0) is 14.5. The van der Waals surface area contributed by atoms with Gasteiger partial charge < -0.3 is 20.5 Å². The second-order valence-corrected chi connectivity index (χ2v) is 4.30. The Balaban J connectivity index is 2.29. The Morgan fingerprint density at radius 2 is 1.85 bits per heavy atom. The molecular formula is C13H14N4O2S. The van der Waals surface area contributed by atoms with Gasteiger partial charge >= 0.3 is 0 Å². The van der Waals surface area contributed by atoms with E-state index in [0.717, 1.165) is 5.69 Å². The smallest absolute Gasteiger partial charge is 0.227 e. The van der Waals surface area contributed by atoms with E-state index < -0.39 is 0 Å². The Morgan fingerprint density at radius 3 is 2.40 bits per heavy atom. The number of rotatable bonds is 5. The summed E-state index contributed by atoms with van der Waals surface area (Å²) in [6.45, 7) is 0. The van der Waals surface area contributed by atoms with Crippen molar-refractivity contribution in [3.63, 3.8) is 0 Å². The maximum absolute atomic E-state index is 5.54. The third-order valence-electron chi connectivity index (χ3n) is 2.52. The number of benzene rings is 1. The lowest BCUT2D eigenvalue weighted by Crippen LogP contribution is -2.12. The van der Waals surface area contributed by atoms with Crippen LogP contribution in [0.5, 0.6) is 11.5 Å². The van der Waals surface area contributed by atoms with Gasteiger partial charge in [0.05, 0.1) is 14.2 Å². The van der Waals surface area contributed by atoms with Gasteiger partial charge in [-0.1, -0.05) is 12.2 Å². The minimum Gasteiger partial charge on any atom is -0.497 e. The largest absolute Gasteiger partial charge is 0.497 e. The van der Waals surface area contributed by atoms with Gasteiger partial charge in [0.2, 0.25) is 5.95 Å². The summed E-state index contributed by atoms with van der Waals surface area (Å²) in [5, 5.41) is 3.05. The molecule has 2 rings (SSSR count). The normalized spacial score (nSPS) is 9.90. The highest BCUT2D eigenvalue weighted by molar-refractivity contribution is 7.80. The Kier molecular flexibility index (Phi) is 4.31. The monoisotopic (exact) mass is 290 g/mol. The third kappa shape index (κ3) is 3.33. The summed E-state index contributed by atoms with van der Waals surface area (Å²) in [4.78, 5) is 8.54. The van der Waals surface area contributed by atoms with Gasteiger partial charge in [-0.25, -0.2) is 9.97 Å². The quantitative estimate of drug-likeness (QED) is 0.813. The van der Waals surface area contributed by atoms with E-state index in [1.54, 1.807) is 44.7 Å². The Bertz CT molecular complexity index is 611. The van der Waals surface area contributed by atoms with Crippen molar-refractivity contribution >= 4 is 28.8 Å². The molecule has 3 N–H and O–H groups in total. The van der Waals surface area contributed by atoms with E-state index in [9.17, 15) is 0 Å². The zero-order valence-electron chi connectivity index (χ0n) is 11.1. The molecule has 0 aliphatic carbocycles. The fourth-order valence-corrected chi connectivity index (χ4v) is 1.68. The van der Waals surface area contributed by atoms with Crippen LogP contribution < -0.4 is 20.5 Å². The summed E-state index contributed by atoms with van der Waals surface area (Å²) in [6.07, 6.45) is 1.58. The highest BCUT2D eigenvalue weighted by atomic mass is 32.1. The molecule has 6 nitrogen and oxygen atoms in total. The molecule has 1 heterocycles. The fourth-order valence-electron chi connectivity index (χ4n) is 1.56. The predicted octanol–water partition coefficient (Wildman–Crippen LogP) is 1.87. The molecule has 0 spiro atoms. The van der Waals surface area contributed by atoms with Gasteiger partial charge in [0.15, 0.2) is 0 Å². The van der Waals surface area contributed by atoms with Crippen LogP contribution in [-0.2, 0) is 0 Å². The summed E-state index contributed by atoms with van der Waals surface area (Å²) in [5.74, 6) is 1.72. The van der Waals surface area contributed by atoms with Crippen LogP contribution in [0.15, 0.2) is 30.5 Å². The molecule has 20 heavy (non-hydrogen) atoms. The SMILES string of the molecule is COc1cc(Nc2nccc(C(N)=S)n2)cc(OC)c1. The summed E-state index contributed by atoms with van der Waals surface area (Å²) < 4.78 is 10.4. The van der Waals surface area contributed by atoms with Crippen LogP contribution >= 0.6 is 12.2 Å². The molecule has 0 amide bonds. The number of ether oxygens (including phenoxy) is 2. The molecule has 0 atom stereocenters. The van der Waals surface area contributed by atoms with Gasteiger partial charge in [-0.3, -0.25) is 0 Å². The van der Waals surface area contributed by atoms with Gasteiger partial charge in [-0.15, -0.1) is 0 Å². The maximum Gasteiger partial charge on any atom is 0.227 e. The number of hydrogen-bond donors (Lipinski definition) is 2. The molecule has 1 aromatic heterocycles. The second-order valence-electron chi connectivity index (χ2n) is 3.86. The second kappa shape index (κ2) is 6.16. The first-order chi connectivity index (χ1) is 9.62. The minimum atomic E-state index is 0.221. The van der Waals surface area contributed by atoms with Crippen LogP contribution in [0.4, 0.5) is 11.6 Å². The predicted molar refractivity (Wildman–Crippen MR) is 80.7 cm³/mol. The fraction of sp³-hybridized carbons (Fsp3) is 0.154. The standard InChI is InChI=1S/C13H14N4O2S/c1-18-9-5-8(6-10(7-9)19-2)16-13-15-4-3-11(17-13)12(14)20/h3-7H,1-2H3,(H2,14,20)(H,15,16,17). The lowest BCUT2D eigenvalue weighted by atomic mass is 10.3. The molecular weight excluding hydrogens is 276 g/mol. The third-order valence-corrected chi connectivity index (χ3v) is 2.72. The van der Waals surface area contributed by atoms with Crippen LogP contribution in [-0.4, -0.2) is 29.2 Å². The topological polar surface area (TPSA) is 82.3 Å². The van der Waals surface area contributed by atoms with Crippen LogP contribution in [0.2, 0.25) is 0 Å². The van der Waals surface area contributed by atoms with E-state index in [-0.39, 0.29) is 4.99 Å². The van der Waals surface area contributed by atoms with Crippen molar-refractivity contribution in [2.24, 2.45) is 5.73 Å². The van der Waals surface area contributed by atoms with Gasteiger partial charge in [0.1, 0.15) is 22.2 Å². The first kappa shape index (κ1) is 14.0. The van der Waals surface area contributed by atoms with Crippen molar-refractivity contribution in [1.82, 2.24) is 9.97 Å². The van der Waals surface area contributed by atoms with Crippen LogP contribution in [0.3, 0.4) is 0 Å². The first-order valence-electron chi connectivity index (χ1n) is 5.75. The van der Waals surface area contributed by atoms with E-state index >= 15 is 0 Å². The average Bonchev–Trinajstić information content (AvgIpc) is 2.47. The van der Waals surface area contributed by atoms with E-state index in [1.807, 2.05) is 0 Å². The van der Waals surface area contributed by atoms with Crippen molar-refractivity contribution < 1.29 is 9.47 Å². The highest BCUT2D eigenvalue weighted by Gasteiger charge is 2.05. The number of nitrogens with two attached hydrogens (primary N) is 1. The molecule has 104 valence electrons. The van der Waals surface area contributed by atoms with Gasteiger partial charge in [0, 0.05) is 30.1 Å².